The maximum absolute atomic E-state index is 12.3. The van der Waals surface area contributed by atoms with Crippen LogP contribution in [0.2, 0.25) is 0 Å². The molecule has 0 saturated heterocycles. The van der Waals surface area contributed by atoms with E-state index in [-0.39, 0.29) is 12.3 Å². The minimum absolute atomic E-state index is 0.180. The SMILES string of the molecule is Cc1cccc(NCc2ccccc2OC(F)(F)F)c1. The number of hydrogen-bond acceptors (Lipinski definition) is 2. The number of benzene rings is 2. The van der Waals surface area contributed by atoms with E-state index in [0.717, 1.165) is 11.3 Å². The average Bonchev–Trinajstić information content (AvgIpc) is 2.36. The molecule has 2 aromatic rings. The molecular formula is C15H14F3NO. The Balaban J connectivity index is 2.09. The van der Waals surface area contributed by atoms with Crippen molar-refractivity contribution in [3.8, 4) is 5.75 Å². The third kappa shape index (κ3) is 4.19. The normalized spacial score (nSPS) is 11.2. The molecule has 0 amide bonds. The maximum Gasteiger partial charge on any atom is 0.573 e. The second kappa shape index (κ2) is 5.86. The molecule has 0 aromatic heterocycles. The molecule has 106 valence electrons. The average molecular weight is 281 g/mol. The fourth-order valence-corrected chi connectivity index (χ4v) is 1.83. The lowest BCUT2D eigenvalue weighted by atomic mass is 10.2. The Hall–Kier alpha value is -2.17. The van der Waals surface area contributed by atoms with Crippen molar-refractivity contribution < 1.29 is 17.9 Å². The molecule has 0 unspecified atom stereocenters. The molecule has 0 aliphatic carbocycles. The number of ether oxygens (including phenoxy) is 1. The zero-order chi connectivity index (χ0) is 14.6. The third-order valence-electron chi connectivity index (χ3n) is 2.70. The molecule has 0 spiro atoms. The second-order valence-corrected chi connectivity index (χ2v) is 4.38. The first kappa shape index (κ1) is 14.2. The van der Waals surface area contributed by atoms with Gasteiger partial charge in [-0.3, -0.25) is 0 Å². The van der Waals surface area contributed by atoms with Gasteiger partial charge in [-0.25, -0.2) is 0 Å². The van der Waals surface area contributed by atoms with Gasteiger partial charge < -0.3 is 10.1 Å². The zero-order valence-electron chi connectivity index (χ0n) is 10.9. The van der Waals surface area contributed by atoms with Gasteiger partial charge in [0, 0.05) is 17.8 Å². The van der Waals surface area contributed by atoms with Crippen LogP contribution in [-0.2, 0) is 6.54 Å². The number of rotatable bonds is 4. The van der Waals surface area contributed by atoms with Crippen LogP contribution in [0.15, 0.2) is 48.5 Å². The van der Waals surface area contributed by atoms with Crippen LogP contribution in [0.5, 0.6) is 5.75 Å². The van der Waals surface area contributed by atoms with Gasteiger partial charge in [0.2, 0.25) is 0 Å². The van der Waals surface area contributed by atoms with Crippen molar-refractivity contribution in [3.05, 3.63) is 59.7 Å². The van der Waals surface area contributed by atoms with E-state index >= 15 is 0 Å². The van der Waals surface area contributed by atoms with Crippen molar-refractivity contribution in [1.29, 1.82) is 0 Å². The first-order valence-electron chi connectivity index (χ1n) is 6.08. The number of para-hydroxylation sites is 1. The molecule has 0 saturated carbocycles. The summed E-state index contributed by atoms with van der Waals surface area (Å²) in [5, 5.41) is 3.08. The Morgan fingerprint density at radius 1 is 1.05 bits per heavy atom. The van der Waals surface area contributed by atoms with Gasteiger partial charge in [0.1, 0.15) is 5.75 Å². The van der Waals surface area contributed by atoms with E-state index in [9.17, 15) is 13.2 Å². The number of alkyl halides is 3. The Bertz CT molecular complexity index is 581. The first-order chi connectivity index (χ1) is 9.44. The van der Waals surface area contributed by atoms with Crippen LogP contribution in [0.25, 0.3) is 0 Å². The Labute approximate surface area is 115 Å². The minimum Gasteiger partial charge on any atom is -0.405 e. The van der Waals surface area contributed by atoms with Gasteiger partial charge in [-0.1, -0.05) is 30.3 Å². The van der Waals surface area contributed by atoms with Crippen LogP contribution in [-0.4, -0.2) is 6.36 Å². The van der Waals surface area contributed by atoms with E-state index in [2.05, 4.69) is 10.1 Å². The predicted molar refractivity (Wildman–Crippen MR) is 71.6 cm³/mol. The lowest BCUT2D eigenvalue weighted by molar-refractivity contribution is -0.274. The number of anilines is 1. The zero-order valence-corrected chi connectivity index (χ0v) is 10.9. The van der Waals surface area contributed by atoms with E-state index in [1.54, 1.807) is 12.1 Å². The topological polar surface area (TPSA) is 21.3 Å². The van der Waals surface area contributed by atoms with Crippen molar-refractivity contribution in [3.63, 3.8) is 0 Å². The molecule has 0 fully saturated rings. The number of hydrogen-bond donors (Lipinski definition) is 1. The molecule has 0 aliphatic rings. The summed E-state index contributed by atoms with van der Waals surface area (Å²) in [6.07, 6.45) is -4.68. The van der Waals surface area contributed by atoms with Crippen molar-refractivity contribution >= 4 is 5.69 Å². The van der Waals surface area contributed by atoms with Crippen LogP contribution >= 0.6 is 0 Å². The summed E-state index contributed by atoms with van der Waals surface area (Å²) in [5.74, 6) is -0.180. The molecule has 0 bridgehead atoms. The highest BCUT2D eigenvalue weighted by atomic mass is 19.4. The van der Waals surface area contributed by atoms with Gasteiger partial charge in [-0.15, -0.1) is 13.2 Å². The number of halogens is 3. The molecule has 0 heterocycles. The molecule has 0 radical (unpaired) electrons. The van der Waals surface area contributed by atoms with Gasteiger partial charge in [0.15, 0.2) is 0 Å². The predicted octanol–water partition coefficient (Wildman–Crippen LogP) is 4.51. The molecule has 2 aromatic carbocycles. The standard InChI is InChI=1S/C15H14F3NO/c1-11-5-4-7-13(9-11)19-10-12-6-2-3-8-14(12)20-15(16,17)18/h2-9,19H,10H2,1H3. The highest BCUT2D eigenvalue weighted by Crippen LogP contribution is 2.26. The molecular weight excluding hydrogens is 267 g/mol. The Kier molecular flexibility index (Phi) is 4.17. The van der Waals surface area contributed by atoms with Gasteiger partial charge in [-0.2, -0.15) is 0 Å². The van der Waals surface area contributed by atoms with Crippen molar-refractivity contribution in [2.24, 2.45) is 0 Å². The lowest BCUT2D eigenvalue weighted by Crippen LogP contribution is -2.18. The van der Waals surface area contributed by atoms with Gasteiger partial charge in [-0.05, 0) is 30.7 Å². The molecule has 0 aliphatic heterocycles. The first-order valence-corrected chi connectivity index (χ1v) is 6.08. The van der Waals surface area contributed by atoms with Gasteiger partial charge in [0.25, 0.3) is 0 Å². The smallest absolute Gasteiger partial charge is 0.405 e. The summed E-state index contributed by atoms with van der Waals surface area (Å²) in [6, 6.07) is 13.7. The fraction of sp³-hybridized carbons (Fsp3) is 0.200. The molecule has 5 heteroatoms. The Morgan fingerprint density at radius 3 is 2.50 bits per heavy atom. The lowest BCUT2D eigenvalue weighted by Gasteiger charge is -2.14. The highest BCUT2D eigenvalue weighted by molar-refractivity contribution is 5.47. The van der Waals surface area contributed by atoms with Crippen LogP contribution in [0.1, 0.15) is 11.1 Å². The van der Waals surface area contributed by atoms with Gasteiger partial charge in [0.05, 0.1) is 0 Å². The van der Waals surface area contributed by atoms with Crippen molar-refractivity contribution in [2.45, 2.75) is 19.8 Å². The molecule has 20 heavy (non-hydrogen) atoms. The van der Waals surface area contributed by atoms with E-state index < -0.39 is 6.36 Å². The monoisotopic (exact) mass is 281 g/mol. The third-order valence-corrected chi connectivity index (χ3v) is 2.70. The Morgan fingerprint density at radius 2 is 1.80 bits per heavy atom. The van der Waals surface area contributed by atoms with Crippen molar-refractivity contribution in [1.82, 2.24) is 0 Å². The minimum atomic E-state index is -4.68. The van der Waals surface area contributed by atoms with E-state index in [1.807, 2.05) is 31.2 Å². The number of aryl methyl sites for hydroxylation is 1. The summed E-state index contributed by atoms with van der Waals surface area (Å²) in [4.78, 5) is 0. The molecule has 0 atom stereocenters. The maximum atomic E-state index is 12.3. The van der Waals surface area contributed by atoms with Crippen LogP contribution in [0.4, 0.5) is 18.9 Å². The summed E-state index contributed by atoms with van der Waals surface area (Å²) in [6.45, 7) is 2.21. The highest BCUT2D eigenvalue weighted by Gasteiger charge is 2.31. The summed E-state index contributed by atoms with van der Waals surface area (Å²) >= 11 is 0. The second-order valence-electron chi connectivity index (χ2n) is 4.38. The molecule has 2 nitrogen and oxygen atoms in total. The van der Waals surface area contributed by atoms with E-state index in [0.29, 0.717) is 5.56 Å². The van der Waals surface area contributed by atoms with Crippen LogP contribution in [0, 0.1) is 6.92 Å². The molecule has 1 N–H and O–H groups in total. The summed E-state index contributed by atoms with van der Waals surface area (Å²) < 4.78 is 40.9. The van der Waals surface area contributed by atoms with Crippen molar-refractivity contribution in [2.75, 3.05) is 5.32 Å². The van der Waals surface area contributed by atoms with Crippen LogP contribution in [0.3, 0.4) is 0 Å². The largest absolute Gasteiger partial charge is 0.573 e. The van der Waals surface area contributed by atoms with E-state index in [4.69, 9.17) is 0 Å². The van der Waals surface area contributed by atoms with E-state index in [1.165, 1.54) is 12.1 Å². The molecule has 2 rings (SSSR count). The van der Waals surface area contributed by atoms with Crippen LogP contribution < -0.4 is 10.1 Å². The summed E-state index contributed by atoms with van der Waals surface area (Å²) in [7, 11) is 0. The van der Waals surface area contributed by atoms with Gasteiger partial charge >= 0.3 is 6.36 Å². The quantitative estimate of drug-likeness (QED) is 0.890. The summed E-state index contributed by atoms with van der Waals surface area (Å²) in [5.41, 5.74) is 2.38. The fourth-order valence-electron chi connectivity index (χ4n) is 1.83. The number of nitrogens with one attached hydrogen (secondary N) is 1.